The van der Waals surface area contributed by atoms with Gasteiger partial charge in [0.1, 0.15) is 10.7 Å². The van der Waals surface area contributed by atoms with Crippen molar-refractivity contribution in [1.82, 2.24) is 10.2 Å². The van der Waals surface area contributed by atoms with Crippen molar-refractivity contribution >= 4 is 26.7 Å². The molecule has 30 heavy (non-hydrogen) atoms. The summed E-state index contributed by atoms with van der Waals surface area (Å²) in [6, 6.07) is 7.91. The summed E-state index contributed by atoms with van der Waals surface area (Å²) in [4.78, 5) is 15.0. The predicted molar refractivity (Wildman–Crippen MR) is 119 cm³/mol. The van der Waals surface area contributed by atoms with Crippen LogP contribution in [-0.4, -0.2) is 44.2 Å². The quantitative estimate of drug-likeness (QED) is 0.793. The minimum atomic E-state index is -3.71. The van der Waals surface area contributed by atoms with Gasteiger partial charge < -0.3 is 10.2 Å². The van der Waals surface area contributed by atoms with Crippen LogP contribution >= 0.6 is 0 Å². The second-order valence-corrected chi connectivity index (χ2v) is 10.2. The van der Waals surface area contributed by atoms with E-state index in [1.807, 2.05) is 38.1 Å². The number of likely N-dealkylation sites (tertiary alicyclic amines) is 1. The molecule has 0 atom stereocenters. The van der Waals surface area contributed by atoms with Gasteiger partial charge in [-0.3, -0.25) is 4.79 Å². The minimum Gasteiger partial charge on any atom is -0.356 e. The van der Waals surface area contributed by atoms with Gasteiger partial charge in [-0.25, -0.2) is 0 Å². The number of hydrogen-bond donors (Lipinski definition) is 1. The minimum absolute atomic E-state index is 0.00563. The fourth-order valence-electron chi connectivity index (χ4n) is 4.81. The van der Waals surface area contributed by atoms with Gasteiger partial charge >= 0.3 is 0 Å². The fourth-order valence-corrected chi connectivity index (χ4v) is 6.34. The van der Waals surface area contributed by atoms with Crippen molar-refractivity contribution in [3.05, 3.63) is 41.0 Å². The lowest BCUT2D eigenvalue weighted by molar-refractivity contribution is -0.126. The maximum atomic E-state index is 12.9. The van der Waals surface area contributed by atoms with Crippen LogP contribution in [0.15, 0.2) is 34.2 Å². The standard InChI is InChI=1S/C23H31N3O3S/c1-3-20-21(17-10-8-16(2)9-11-17)30(28,29)25-22(20)26-14-12-18(13-15-26)23(27)24-19-6-4-5-7-19/h8-11,18-19H,3-7,12-15H2,1-2H3,(H,24,27). The Morgan fingerprint density at radius 2 is 1.73 bits per heavy atom. The summed E-state index contributed by atoms with van der Waals surface area (Å²) in [7, 11) is -3.71. The number of carbonyl (C=O) groups excluding carboxylic acids is 1. The Balaban J connectivity index is 1.49. The third-order valence-electron chi connectivity index (χ3n) is 6.54. The predicted octanol–water partition coefficient (Wildman–Crippen LogP) is 3.63. The third-order valence-corrected chi connectivity index (χ3v) is 7.95. The summed E-state index contributed by atoms with van der Waals surface area (Å²) >= 11 is 0. The van der Waals surface area contributed by atoms with Crippen LogP contribution in [0.3, 0.4) is 0 Å². The largest absolute Gasteiger partial charge is 0.356 e. The van der Waals surface area contributed by atoms with Crippen molar-refractivity contribution < 1.29 is 13.2 Å². The van der Waals surface area contributed by atoms with Crippen molar-refractivity contribution in [3.63, 3.8) is 0 Å². The molecule has 1 saturated carbocycles. The number of piperidine rings is 1. The van der Waals surface area contributed by atoms with E-state index in [1.54, 1.807) is 0 Å². The molecular formula is C23H31N3O3S. The number of aryl methyl sites for hydroxylation is 1. The van der Waals surface area contributed by atoms with E-state index in [4.69, 9.17) is 0 Å². The van der Waals surface area contributed by atoms with E-state index in [0.29, 0.717) is 41.9 Å². The Kier molecular flexibility index (Phi) is 6.00. The second-order valence-electron chi connectivity index (χ2n) is 8.67. The fraction of sp³-hybridized carbons (Fsp3) is 0.565. The zero-order chi connectivity index (χ0) is 21.3. The molecule has 4 rings (SSSR count). The van der Waals surface area contributed by atoms with Gasteiger partial charge in [0.15, 0.2) is 0 Å². The molecule has 2 heterocycles. The van der Waals surface area contributed by atoms with E-state index in [-0.39, 0.29) is 11.8 Å². The molecule has 2 fully saturated rings. The number of amides is 1. The lowest BCUT2D eigenvalue weighted by Crippen LogP contribution is -2.45. The zero-order valence-corrected chi connectivity index (χ0v) is 18.7. The molecule has 0 aromatic heterocycles. The first-order chi connectivity index (χ1) is 14.4. The number of amidine groups is 1. The van der Waals surface area contributed by atoms with Crippen LogP contribution in [0.4, 0.5) is 0 Å². The maximum Gasteiger partial charge on any atom is 0.285 e. The molecule has 0 spiro atoms. The maximum absolute atomic E-state index is 12.9. The number of nitrogens with zero attached hydrogens (tertiary/aromatic N) is 2. The van der Waals surface area contributed by atoms with E-state index in [1.165, 1.54) is 12.8 Å². The molecule has 1 aromatic carbocycles. The van der Waals surface area contributed by atoms with Gasteiger partial charge in [-0.2, -0.15) is 8.42 Å². The Morgan fingerprint density at radius 1 is 1.10 bits per heavy atom. The zero-order valence-electron chi connectivity index (χ0n) is 17.9. The summed E-state index contributed by atoms with van der Waals surface area (Å²) in [5, 5.41) is 3.21. The molecule has 0 radical (unpaired) electrons. The molecule has 1 aromatic rings. The van der Waals surface area contributed by atoms with E-state index in [2.05, 4.69) is 14.6 Å². The Labute approximate surface area is 179 Å². The first-order valence-electron chi connectivity index (χ1n) is 11.1. The molecule has 6 nitrogen and oxygen atoms in total. The van der Waals surface area contributed by atoms with Crippen molar-refractivity contribution in [2.45, 2.75) is 64.8 Å². The van der Waals surface area contributed by atoms with E-state index < -0.39 is 10.0 Å². The average molecular weight is 430 g/mol. The van der Waals surface area contributed by atoms with Gasteiger partial charge in [0.2, 0.25) is 5.91 Å². The second kappa shape index (κ2) is 8.53. The first kappa shape index (κ1) is 21.1. The van der Waals surface area contributed by atoms with Crippen LogP contribution in [0.25, 0.3) is 4.91 Å². The van der Waals surface area contributed by atoms with Crippen LogP contribution in [0.5, 0.6) is 0 Å². The highest BCUT2D eigenvalue weighted by molar-refractivity contribution is 8.00. The highest BCUT2D eigenvalue weighted by Crippen LogP contribution is 2.36. The molecule has 162 valence electrons. The summed E-state index contributed by atoms with van der Waals surface area (Å²) in [6.07, 6.45) is 6.64. The van der Waals surface area contributed by atoms with Gasteiger partial charge in [0, 0.05) is 30.6 Å². The number of rotatable bonds is 4. The number of benzene rings is 1. The number of hydrogen-bond acceptors (Lipinski definition) is 4. The number of nitrogens with one attached hydrogen (secondary N) is 1. The van der Waals surface area contributed by atoms with Gasteiger partial charge in [-0.1, -0.05) is 49.6 Å². The Morgan fingerprint density at radius 3 is 2.33 bits per heavy atom. The molecule has 2 aliphatic heterocycles. The smallest absolute Gasteiger partial charge is 0.285 e. The molecule has 0 bridgehead atoms. The number of sulfonamides is 1. The van der Waals surface area contributed by atoms with Crippen LogP contribution in [-0.2, 0) is 14.8 Å². The van der Waals surface area contributed by atoms with Gasteiger partial charge in [0.05, 0.1) is 0 Å². The van der Waals surface area contributed by atoms with Crippen LogP contribution in [0, 0.1) is 12.8 Å². The summed E-state index contributed by atoms with van der Waals surface area (Å²) in [6.45, 7) is 5.27. The highest BCUT2D eigenvalue weighted by Gasteiger charge is 2.37. The topological polar surface area (TPSA) is 78.8 Å². The van der Waals surface area contributed by atoms with Crippen molar-refractivity contribution in [3.8, 4) is 0 Å². The molecule has 0 unspecified atom stereocenters. The van der Waals surface area contributed by atoms with E-state index in [9.17, 15) is 13.2 Å². The average Bonchev–Trinajstić information content (AvgIpc) is 3.33. The first-order valence-corrected chi connectivity index (χ1v) is 12.5. The van der Waals surface area contributed by atoms with Gasteiger partial charge in [0.25, 0.3) is 10.0 Å². The SMILES string of the molecule is CCC1=C(c2ccc(C)cc2)S(=O)(=O)N=C1N1CCC(C(=O)NC2CCCC2)CC1. The monoisotopic (exact) mass is 429 g/mol. The summed E-state index contributed by atoms with van der Waals surface area (Å²) < 4.78 is 30.0. The lowest BCUT2D eigenvalue weighted by atomic mass is 9.94. The van der Waals surface area contributed by atoms with Gasteiger partial charge in [-0.15, -0.1) is 4.40 Å². The summed E-state index contributed by atoms with van der Waals surface area (Å²) in [5.41, 5.74) is 2.57. The van der Waals surface area contributed by atoms with Crippen LogP contribution in [0.2, 0.25) is 0 Å². The molecule has 7 heteroatoms. The number of carbonyl (C=O) groups is 1. The van der Waals surface area contributed by atoms with Crippen molar-refractivity contribution in [2.24, 2.45) is 10.3 Å². The van der Waals surface area contributed by atoms with Crippen molar-refractivity contribution in [2.75, 3.05) is 13.1 Å². The molecule has 1 saturated heterocycles. The highest BCUT2D eigenvalue weighted by atomic mass is 32.2. The Hall–Kier alpha value is -2.15. The van der Waals surface area contributed by atoms with Gasteiger partial charge in [-0.05, 0) is 44.6 Å². The molecule has 1 N–H and O–H groups in total. The van der Waals surface area contributed by atoms with E-state index in [0.717, 1.165) is 36.8 Å². The van der Waals surface area contributed by atoms with Crippen LogP contribution in [0.1, 0.15) is 63.0 Å². The third kappa shape index (κ3) is 4.17. The molecule has 1 aliphatic carbocycles. The van der Waals surface area contributed by atoms with Crippen LogP contribution < -0.4 is 5.32 Å². The molecule has 3 aliphatic rings. The summed E-state index contributed by atoms with van der Waals surface area (Å²) in [5.74, 6) is 0.739. The molecular weight excluding hydrogens is 398 g/mol. The van der Waals surface area contributed by atoms with E-state index >= 15 is 0 Å². The normalized spacial score (nSPS) is 22.5. The van der Waals surface area contributed by atoms with Crippen molar-refractivity contribution in [1.29, 1.82) is 0 Å². The molecule has 1 amide bonds. The Bertz CT molecular complexity index is 965. The lowest BCUT2D eigenvalue weighted by Gasteiger charge is -2.33.